The highest BCUT2D eigenvalue weighted by atomic mass is 32.2. The van der Waals surface area contributed by atoms with Crippen LogP contribution in [0.4, 0.5) is 10.5 Å². The molecule has 27 heavy (non-hydrogen) atoms. The number of nitro groups is 1. The third kappa shape index (κ3) is 8.76. The Balaban J connectivity index is 2.55. The van der Waals surface area contributed by atoms with Crippen LogP contribution in [-0.4, -0.2) is 41.4 Å². The van der Waals surface area contributed by atoms with E-state index in [0.29, 0.717) is 18.9 Å². The van der Waals surface area contributed by atoms with E-state index in [1.807, 2.05) is 13.8 Å². The lowest BCUT2D eigenvalue weighted by atomic mass is 10.0. The Hall–Kier alpha value is -2.29. The molecule has 0 radical (unpaired) electrons. The maximum atomic E-state index is 12.3. The van der Waals surface area contributed by atoms with E-state index in [9.17, 15) is 19.7 Å². The SMILES string of the molecule is CCOC(=O)NC(CNC(=O)C(C)Sc1ccc([N+](=O)[O-])cc1)CC(C)C. The minimum Gasteiger partial charge on any atom is -0.450 e. The fraction of sp³-hybridized carbons (Fsp3) is 0.556. The standard InChI is InChI=1S/C18H27N3O5S/c1-5-26-18(23)20-14(10-12(2)3)11-19-17(22)13(4)27-16-8-6-15(7-9-16)21(24)25/h6-9,12-14H,5,10-11H2,1-4H3,(H,19,22)(H,20,23). The number of non-ortho nitro benzene ring substituents is 1. The number of carbonyl (C=O) groups is 2. The summed E-state index contributed by atoms with van der Waals surface area (Å²) in [4.78, 5) is 35.0. The Morgan fingerprint density at radius 3 is 2.37 bits per heavy atom. The third-order valence-corrected chi connectivity index (χ3v) is 4.72. The summed E-state index contributed by atoms with van der Waals surface area (Å²) in [6.45, 7) is 8.16. The lowest BCUT2D eigenvalue weighted by Crippen LogP contribution is -2.46. The quantitative estimate of drug-likeness (QED) is 0.356. The molecule has 150 valence electrons. The monoisotopic (exact) mass is 397 g/mol. The van der Waals surface area contributed by atoms with Crippen molar-refractivity contribution in [3.05, 3.63) is 34.4 Å². The van der Waals surface area contributed by atoms with Gasteiger partial charge in [0.25, 0.3) is 5.69 Å². The van der Waals surface area contributed by atoms with Crippen LogP contribution in [0.25, 0.3) is 0 Å². The number of ether oxygens (including phenoxy) is 1. The van der Waals surface area contributed by atoms with Gasteiger partial charge in [0.05, 0.1) is 16.8 Å². The minimum absolute atomic E-state index is 0.0121. The molecule has 0 aromatic heterocycles. The molecule has 0 spiro atoms. The number of rotatable bonds is 10. The first-order chi connectivity index (χ1) is 12.7. The molecule has 2 unspecified atom stereocenters. The number of hydrogen-bond acceptors (Lipinski definition) is 6. The molecule has 0 saturated heterocycles. The van der Waals surface area contributed by atoms with Crippen molar-refractivity contribution < 1.29 is 19.2 Å². The lowest BCUT2D eigenvalue weighted by Gasteiger charge is -2.21. The van der Waals surface area contributed by atoms with Gasteiger partial charge in [0.2, 0.25) is 5.91 Å². The van der Waals surface area contributed by atoms with Gasteiger partial charge in [-0.05, 0) is 38.3 Å². The zero-order valence-electron chi connectivity index (χ0n) is 16.1. The van der Waals surface area contributed by atoms with E-state index in [0.717, 1.165) is 4.90 Å². The van der Waals surface area contributed by atoms with Crippen molar-refractivity contribution in [2.24, 2.45) is 5.92 Å². The molecule has 0 bridgehead atoms. The summed E-state index contributed by atoms with van der Waals surface area (Å²) in [6, 6.07) is 5.85. The number of nitrogens with zero attached hydrogens (tertiary/aromatic N) is 1. The third-order valence-electron chi connectivity index (χ3n) is 3.61. The van der Waals surface area contributed by atoms with E-state index in [1.165, 1.54) is 23.9 Å². The van der Waals surface area contributed by atoms with Gasteiger partial charge in [-0.25, -0.2) is 4.79 Å². The first-order valence-corrected chi connectivity index (χ1v) is 9.73. The molecule has 9 heteroatoms. The Bertz CT molecular complexity index is 636. The van der Waals surface area contributed by atoms with Gasteiger partial charge >= 0.3 is 6.09 Å². The van der Waals surface area contributed by atoms with E-state index in [2.05, 4.69) is 10.6 Å². The number of benzene rings is 1. The van der Waals surface area contributed by atoms with Crippen molar-refractivity contribution in [1.82, 2.24) is 10.6 Å². The van der Waals surface area contributed by atoms with Crippen LogP contribution in [0.15, 0.2) is 29.2 Å². The van der Waals surface area contributed by atoms with Gasteiger partial charge in [0.15, 0.2) is 0 Å². The fourth-order valence-electron chi connectivity index (χ4n) is 2.37. The lowest BCUT2D eigenvalue weighted by molar-refractivity contribution is -0.384. The van der Waals surface area contributed by atoms with Crippen LogP contribution in [0.5, 0.6) is 0 Å². The molecule has 2 atom stereocenters. The van der Waals surface area contributed by atoms with E-state index in [-0.39, 0.29) is 29.5 Å². The molecule has 2 amide bonds. The molecule has 1 aromatic rings. The maximum Gasteiger partial charge on any atom is 0.407 e. The Labute approximate surface area is 163 Å². The molecule has 0 aliphatic carbocycles. The van der Waals surface area contributed by atoms with Gasteiger partial charge in [0, 0.05) is 29.6 Å². The van der Waals surface area contributed by atoms with Crippen molar-refractivity contribution in [3.8, 4) is 0 Å². The van der Waals surface area contributed by atoms with E-state index in [1.54, 1.807) is 26.0 Å². The first-order valence-electron chi connectivity index (χ1n) is 8.85. The first kappa shape index (κ1) is 22.8. The van der Waals surface area contributed by atoms with Crippen LogP contribution < -0.4 is 10.6 Å². The van der Waals surface area contributed by atoms with Gasteiger partial charge < -0.3 is 15.4 Å². The van der Waals surface area contributed by atoms with E-state index in [4.69, 9.17) is 4.74 Å². The van der Waals surface area contributed by atoms with E-state index >= 15 is 0 Å². The van der Waals surface area contributed by atoms with Crippen molar-refractivity contribution >= 4 is 29.4 Å². The number of nitro benzene ring substituents is 1. The van der Waals surface area contributed by atoms with Gasteiger partial charge in [-0.2, -0.15) is 0 Å². The van der Waals surface area contributed by atoms with Gasteiger partial charge in [0.1, 0.15) is 0 Å². The van der Waals surface area contributed by atoms with Crippen molar-refractivity contribution in [3.63, 3.8) is 0 Å². The zero-order valence-corrected chi connectivity index (χ0v) is 16.9. The second-order valence-corrected chi connectivity index (χ2v) is 7.86. The molecule has 1 aromatic carbocycles. The molecule has 1 rings (SSSR count). The number of hydrogen-bond donors (Lipinski definition) is 2. The van der Waals surface area contributed by atoms with Crippen molar-refractivity contribution in [2.75, 3.05) is 13.2 Å². The summed E-state index contributed by atoms with van der Waals surface area (Å²) in [5.74, 6) is 0.179. The number of carbonyl (C=O) groups excluding carboxylic acids is 2. The molecule has 0 aliphatic heterocycles. The van der Waals surface area contributed by atoms with Crippen LogP contribution in [0.2, 0.25) is 0 Å². The Morgan fingerprint density at radius 1 is 1.22 bits per heavy atom. The highest BCUT2D eigenvalue weighted by molar-refractivity contribution is 8.00. The van der Waals surface area contributed by atoms with Gasteiger partial charge in [-0.1, -0.05) is 13.8 Å². The molecular weight excluding hydrogens is 370 g/mol. The number of nitrogens with one attached hydrogen (secondary N) is 2. The highest BCUT2D eigenvalue weighted by Crippen LogP contribution is 2.25. The van der Waals surface area contributed by atoms with Crippen LogP contribution in [0.3, 0.4) is 0 Å². The minimum atomic E-state index is -0.495. The summed E-state index contributed by atoms with van der Waals surface area (Å²) >= 11 is 1.31. The smallest absolute Gasteiger partial charge is 0.407 e. The van der Waals surface area contributed by atoms with Crippen LogP contribution in [-0.2, 0) is 9.53 Å². The normalized spacial score (nSPS) is 12.9. The molecule has 8 nitrogen and oxygen atoms in total. The zero-order chi connectivity index (χ0) is 20.4. The van der Waals surface area contributed by atoms with Crippen LogP contribution in [0, 0.1) is 16.0 Å². The average Bonchev–Trinajstić information content (AvgIpc) is 2.59. The molecule has 0 aliphatic rings. The number of alkyl carbamates (subject to hydrolysis) is 1. The second-order valence-electron chi connectivity index (χ2n) is 6.45. The predicted molar refractivity (Wildman–Crippen MR) is 105 cm³/mol. The molecule has 0 fully saturated rings. The fourth-order valence-corrected chi connectivity index (χ4v) is 3.27. The number of amides is 2. The van der Waals surface area contributed by atoms with Gasteiger partial charge in [-0.15, -0.1) is 11.8 Å². The summed E-state index contributed by atoms with van der Waals surface area (Å²) in [5, 5.41) is 15.9. The van der Waals surface area contributed by atoms with Crippen molar-refractivity contribution in [2.45, 2.75) is 50.3 Å². The average molecular weight is 397 g/mol. The molecular formula is C18H27N3O5S. The highest BCUT2D eigenvalue weighted by Gasteiger charge is 2.19. The molecule has 2 N–H and O–H groups in total. The second kappa shape index (κ2) is 11.4. The summed E-state index contributed by atoms with van der Waals surface area (Å²) in [5.41, 5.74) is 0.0121. The van der Waals surface area contributed by atoms with Crippen molar-refractivity contribution in [1.29, 1.82) is 0 Å². The van der Waals surface area contributed by atoms with E-state index < -0.39 is 11.0 Å². The topological polar surface area (TPSA) is 111 Å². The predicted octanol–water partition coefficient (Wildman–Crippen LogP) is 3.35. The maximum absolute atomic E-state index is 12.3. The summed E-state index contributed by atoms with van der Waals surface area (Å²) in [6.07, 6.45) is 0.217. The van der Waals surface area contributed by atoms with Crippen LogP contribution >= 0.6 is 11.8 Å². The Kier molecular flexibility index (Phi) is 9.63. The van der Waals surface area contributed by atoms with Gasteiger partial charge in [-0.3, -0.25) is 14.9 Å². The molecule has 0 heterocycles. The molecule has 0 saturated carbocycles. The largest absolute Gasteiger partial charge is 0.450 e. The summed E-state index contributed by atoms with van der Waals surface area (Å²) in [7, 11) is 0. The van der Waals surface area contributed by atoms with Crippen LogP contribution in [0.1, 0.15) is 34.1 Å². The Morgan fingerprint density at radius 2 is 1.85 bits per heavy atom. The summed E-state index contributed by atoms with van der Waals surface area (Å²) < 4.78 is 4.90. The number of thioether (sulfide) groups is 1.